The summed E-state index contributed by atoms with van der Waals surface area (Å²) >= 11 is 6.45. The first-order chi connectivity index (χ1) is 9.70. The van der Waals surface area contributed by atoms with Crippen LogP contribution in [0.1, 0.15) is 30.2 Å². The second kappa shape index (κ2) is 5.76. The number of nitrogens with zero attached hydrogens (tertiary/aromatic N) is 1. The summed E-state index contributed by atoms with van der Waals surface area (Å²) in [5.74, 6) is 0.943. The third-order valence-electron chi connectivity index (χ3n) is 3.84. The van der Waals surface area contributed by atoms with E-state index in [9.17, 15) is 0 Å². The number of hydrogen-bond acceptors (Lipinski definition) is 3. The Kier molecular flexibility index (Phi) is 4.01. The molecule has 1 aromatic heterocycles. The summed E-state index contributed by atoms with van der Waals surface area (Å²) in [4.78, 5) is 2.16. The van der Waals surface area contributed by atoms with Gasteiger partial charge in [-0.2, -0.15) is 0 Å². The van der Waals surface area contributed by atoms with Gasteiger partial charge in [0, 0.05) is 30.5 Å². The average molecular weight is 294 g/mol. The molecule has 0 N–H and O–H groups in total. The minimum Gasteiger partial charge on any atom is -0.458 e. The molecular formula is C16H20ClNO2. The van der Waals surface area contributed by atoms with Gasteiger partial charge in [-0.05, 0) is 25.1 Å². The van der Waals surface area contributed by atoms with E-state index in [0.29, 0.717) is 6.61 Å². The molecule has 0 saturated carbocycles. The monoisotopic (exact) mass is 293 g/mol. The topological polar surface area (TPSA) is 25.6 Å². The minimum absolute atomic E-state index is 0.0254. The maximum Gasteiger partial charge on any atom is 0.135 e. The van der Waals surface area contributed by atoms with Gasteiger partial charge in [-0.3, -0.25) is 4.90 Å². The standard InChI is InChI=1S/C16H20ClNO2/c1-3-7-19-10-14-12-9-18(2)15(17)8-11-5-4-6-13(20-14)16(11)12/h4-6,15H,3,7-10H2,1-2H3. The van der Waals surface area contributed by atoms with Gasteiger partial charge < -0.3 is 9.15 Å². The fourth-order valence-electron chi connectivity index (χ4n) is 2.79. The highest BCUT2D eigenvalue weighted by Gasteiger charge is 2.25. The van der Waals surface area contributed by atoms with E-state index >= 15 is 0 Å². The van der Waals surface area contributed by atoms with Gasteiger partial charge in [0.15, 0.2) is 0 Å². The lowest BCUT2D eigenvalue weighted by atomic mass is 10.0. The molecule has 0 amide bonds. The number of alkyl halides is 1. The lowest BCUT2D eigenvalue weighted by Crippen LogP contribution is -2.26. The summed E-state index contributed by atoms with van der Waals surface area (Å²) in [5.41, 5.74) is 3.48. The van der Waals surface area contributed by atoms with Gasteiger partial charge in [-0.25, -0.2) is 0 Å². The summed E-state index contributed by atoms with van der Waals surface area (Å²) in [5, 5.41) is 1.23. The molecule has 108 valence electrons. The van der Waals surface area contributed by atoms with Crippen LogP contribution >= 0.6 is 11.6 Å². The fourth-order valence-corrected chi connectivity index (χ4v) is 3.02. The van der Waals surface area contributed by atoms with Gasteiger partial charge >= 0.3 is 0 Å². The molecule has 1 unspecified atom stereocenters. The van der Waals surface area contributed by atoms with Gasteiger partial charge in [0.2, 0.25) is 0 Å². The van der Waals surface area contributed by atoms with Crippen molar-refractivity contribution in [2.45, 2.75) is 38.4 Å². The molecular weight excluding hydrogens is 274 g/mol. The number of benzene rings is 1. The Hall–Kier alpha value is -1.03. The number of rotatable bonds is 4. The predicted molar refractivity (Wildman–Crippen MR) is 81.0 cm³/mol. The maximum absolute atomic E-state index is 6.45. The van der Waals surface area contributed by atoms with Crippen molar-refractivity contribution in [1.82, 2.24) is 4.90 Å². The van der Waals surface area contributed by atoms with Crippen LogP contribution in [0.5, 0.6) is 0 Å². The summed E-state index contributed by atoms with van der Waals surface area (Å²) in [7, 11) is 2.05. The van der Waals surface area contributed by atoms with E-state index in [4.69, 9.17) is 20.8 Å². The van der Waals surface area contributed by atoms with Crippen molar-refractivity contribution in [3.63, 3.8) is 0 Å². The fraction of sp³-hybridized carbons (Fsp3) is 0.500. The van der Waals surface area contributed by atoms with Crippen LogP contribution in [0.4, 0.5) is 0 Å². The predicted octanol–water partition coefficient (Wildman–Crippen LogP) is 3.91. The van der Waals surface area contributed by atoms with Gasteiger partial charge in [0.05, 0.1) is 5.50 Å². The Labute approximate surface area is 124 Å². The molecule has 0 fully saturated rings. The molecule has 1 aliphatic rings. The highest BCUT2D eigenvalue weighted by molar-refractivity contribution is 6.20. The van der Waals surface area contributed by atoms with Crippen LogP contribution in [0, 0.1) is 0 Å². The smallest absolute Gasteiger partial charge is 0.135 e. The zero-order valence-corrected chi connectivity index (χ0v) is 12.7. The molecule has 2 aromatic rings. The lowest BCUT2D eigenvalue weighted by molar-refractivity contribution is 0.106. The van der Waals surface area contributed by atoms with Crippen molar-refractivity contribution in [1.29, 1.82) is 0 Å². The van der Waals surface area contributed by atoms with Crippen LogP contribution in [0.2, 0.25) is 0 Å². The molecule has 0 saturated heterocycles. The third-order valence-corrected chi connectivity index (χ3v) is 4.33. The Balaban J connectivity index is 2.04. The summed E-state index contributed by atoms with van der Waals surface area (Å²) in [6.45, 7) is 4.22. The van der Waals surface area contributed by atoms with Crippen molar-refractivity contribution >= 4 is 22.6 Å². The van der Waals surface area contributed by atoms with E-state index in [0.717, 1.165) is 37.3 Å². The van der Waals surface area contributed by atoms with E-state index in [-0.39, 0.29) is 5.50 Å². The number of likely N-dealkylation sites (N-methyl/N-ethyl adjacent to an activating group) is 1. The highest BCUT2D eigenvalue weighted by Crippen LogP contribution is 2.34. The van der Waals surface area contributed by atoms with Crippen LogP contribution in [0.3, 0.4) is 0 Å². The quantitative estimate of drug-likeness (QED) is 0.485. The number of ether oxygens (including phenoxy) is 1. The molecule has 2 heterocycles. The first-order valence-electron chi connectivity index (χ1n) is 7.15. The Morgan fingerprint density at radius 1 is 1.45 bits per heavy atom. The Morgan fingerprint density at radius 3 is 3.10 bits per heavy atom. The molecule has 20 heavy (non-hydrogen) atoms. The van der Waals surface area contributed by atoms with Gasteiger partial charge in [0.1, 0.15) is 18.0 Å². The Bertz CT molecular complexity index is 608. The Morgan fingerprint density at radius 2 is 2.30 bits per heavy atom. The van der Waals surface area contributed by atoms with Crippen LogP contribution in [-0.4, -0.2) is 24.1 Å². The van der Waals surface area contributed by atoms with Crippen molar-refractivity contribution in [2.24, 2.45) is 0 Å². The van der Waals surface area contributed by atoms with Crippen LogP contribution in [0.25, 0.3) is 11.0 Å². The van der Waals surface area contributed by atoms with E-state index in [2.05, 4.69) is 24.9 Å². The molecule has 0 bridgehead atoms. The zero-order valence-electron chi connectivity index (χ0n) is 12.0. The SMILES string of the molecule is CCCOCc1oc2cccc3c2c1CN(C)C(Cl)C3. The summed E-state index contributed by atoms with van der Waals surface area (Å²) in [6.07, 6.45) is 1.86. The van der Waals surface area contributed by atoms with E-state index < -0.39 is 0 Å². The second-order valence-corrected chi connectivity index (χ2v) is 5.90. The molecule has 1 aromatic carbocycles. The highest BCUT2D eigenvalue weighted by atomic mass is 35.5. The second-order valence-electron chi connectivity index (χ2n) is 5.40. The molecule has 1 atom stereocenters. The number of halogens is 1. The molecule has 0 radical (unpaired) electrons. The van der Waals surface area contributed by atoms with Gasteiger partial charge in [0.25, 0.3) is 0 Å². The molecule has 0 aliphatic carbocycles. The first-order valence-corrected chi connectivity index (χ1v) is 7.58. The zero-order chi connectivity index (χ0) is 14.1. The molecule has 4 heteroatoms. The van der Waals surface area contributed by atoms with E-state index in [1.165, 1.54) is 16.5 Å². The molecule has 3 rings (SSSR count). The molecule has 0 spiro atoms. The van der Waals surface area contributed by atoms with Crippen molar-refractivity contribution in [3.05, 3.63) is 35.1 Å². The third kappa shape index (κ3) is 2.46. The van der Waals surface area contributed by atoms with Crippen molar-refractivity contribution < 1.29 is 9.15 Å². The van der Waals surface area contributed by atoms with Crippen LogP contribution in [0.15, 0.2) is 22.6 Å². The van der Waals surface area contributed by atoms with E-state index in [1.54, 1.807) is 0 Å². The average Bonchev–Trinajstić information content (AvgIpc) is 2.71. The van der Waals surface area contributed by atoms with E-state index in [1.807, 2.05) is 12.1 Å². The maximum atomic E-state index is 6.45. The van der Waals surface area contributed by atoms with Crippen molar-refractivity contribution in [2.75, 3.05) is 13.7 Å². The molecule has 1 aliphatic heterocycles. The summed E-state index contributed by atoms with van der Waals surface area (Å²) < 4.78 is 11.7. The van der Waals surface area contributed by atoms with Crippen LogP contribution < -0.4 is 0 Å². The van der Waals surface area contributed by atoms with Gasteiger partial charge in [-0.1, -0.05) is 19.1 Å². The summed E-state index contributed by atoms with van der Waals surface area (Å²) in [6, 6.07) is 6.21. The lowest BCUT2D eigenvalue weighted by Gasteiger charge is -2.20. The van der Waals surface area contributed by atoms with Gasteiger partial charge in [-0.15, -0.1) is 11.6 Å². The number of furan rings is 1. The molecule has 3 nitrogen and oxygen atoms in total. The largest absolute Gasteiger partial charge is 0.458 e. The first kappa shape index (κ1) is 13.9. The number of hydrogen-bond donors (Lipinski definition) is 0. The van der Waals surface area contributed by atoms with Crippen molar-refractivity contribution in [3.8, 4) is 0 Å². The van der Waals surface area contributed by atoms with Crippen LogP contribution in [-0.2, 0) is 24.3 Å². The minimum atomic E-state index is 0.0254. The normalized spacial score (nSPS) is 19.4.